The highest BCUT2D eigenvalue weighted by Gasteiger charge is 2.29. The summed E-state index contributed by atoms with van der Waals surface area (Å²) in [5, 5.41) is 4.11. The van der Waals surface area contributed by atoms with Crippen molar-refractivity contribution >= 4 is 0 Å². The van der Waals surface area contributed by atoms with Gasteiger partial charge in [-0.3, -0.25) is 0 Å². The largest absolute Gasteiger partial charge is 0.492 e. The molecule has 1 aromatic heterocycles. The number of unbranched alkanes of at least 4 members (excludes halogenated alkanes) is 2. The molecule has 106 valence electrons. The molecule has 0 fully saturated rings. The first-order valence-corrected chi connectivity index (χ1v) is 7.13. The van der Waals surface area contributed by atoms with Crippen molar-refractivity contribution in [1.29, 1.82) is 0 Å². The van der Waals surface area contributed by atoms with Crippen LogP contribution < -0.4 is 10.5 Å². The van der Waals surface area contributed by atoms with Crippen molar-refractivity contribution in [2.75, 3.05) is 13.2 Å². The van der Waals surface area contributed by atoms with Crippen LogP contribution in [0.2, 0.25) is 0 Å². The van der Waals surface area contributed by atoms with Crippen LogP contribution in [-0.4, -0.2) is 23.3 Å². The smallest absolute Gasteiger partial charge is 0.226 e. The van der Waals surface area contributed by atoms with Crippen molar-refractivity contribution in [1.82, 2.24) is 10.1 Å². The van der Waals surface area contributed by atoms with Gasteiger partial charge in [-0.25, -0.2) is 0 Å². The lowest BCUT2D eigenvalue weighted by Crippen LogP contribution is -2.04. The van der Waals surface area contributed by atoms with Gasteiger partial charge in [0, 0.05) is 12.0 Å². The van der Waals surface area contributed by atoms with Crippen molar-refractivity contribution in [3.63, 3.8) is 0 Å². The van der Waals surface area contributed by atoms with Gasteiger partial charge in [-0.15, -0.1) is 0 Å². The van der Waals surface area contributed by atoms with Crippen LogP contribution in [0.1, 0.15) is 42.5 Å². The summed E-state index contributed by atoms with van der Waals surface area (Å²) in [6, 6.07) is 8.02. The summed E-state index contributed by atoms with van der Waals surface area (Å²) in [5.74, 6) is 2.45. The fourth-order valence-corrected chi connectivity index (χ4v) is 2.48. The normalized spacial score (nSPS) is 16.9. The Hall–Kier alpha value is -1.88. The number of aromatic nitrogens is 2. The minimum absolute atomic E-state index is 0.0905. The van der Waals surface area contributed by atoms with E-state index in [0.29, 0.717) is 12.5 Å². The molecular formula is C15H19N3O2. The van der Waals surface area contributed by atoms with E-state index < -0.39 is 0 Å². The number of aryl methyl sites for hydroxylation is 1. The van der Waals surface area contributed by atoms with Crippen molar-refractivity contribution in [2.45, 2.75) is 31.6 Å². The summed E-state index contributed by atoms with van der Waals surface area (Å²) in [4.78, 5) is 4.50. The average molecular weight is 273 g/mol. The minimum Gasteiger partial charge on any atom is -0.492 e. The number of hydrogen-bond acceptors (Lipinski definition) is 5. The van der Waals surface area contributed by atoms with Gasteiger partial charge in [0.25, 0.3) is 0 Å². The van der Waals surface area contributed by atoms with E-state index >= 15 is 0 Å². The Morgan fingerprint density at radius 1 is 1.20 bits per heavy atom. The first-order valence-electron chi connectivity index (χ1n) is 7.13. The zero-order chi connectivity index (χ0) is 13.8. The predicted octanol–water partition coefficient (Wildman–Crippen LogP) is 2.27. The Morgan fingerprint density at radius 3 is 3.00 bits per heavy atom. The van der Waals surface area contributed by atoms with Crippen LogP contribution in [0.15, 0.2) is 28.8 Å². The van der Waals surface area contributed by atoms with Crippen molar-refractivity contribution < 1.29 is 9.26 Å². The minimum atomic E-state index is 0.0905. The topological polar surface area (TPSA) is 74.2 Å². The van der Waals surface area contributed by atoms with Gasteiger partial charge < -0.3 is 15.0 Å². The second kappa shape index (κ2) is 6.05. The number of rotatable bonds is 6. The van der Waals surface area contributed by atoms with Gasteiger partial charge in [-0.1, -0.05) is 29.8 Å². The Kier molecular flexibility index (Phi) is 3.97. The van der Waals surface area contributed by atoms with Crippen LogP contribution in [0.25, 0.3) is 0 Å². The van der Waals surface area contributed by atoms with E-state index in [1.165, 1.54) is 0 Å². The molecule has 1 unspecified atom stereocenters. The molecule has 0 radical (unpaired) electrons. The first kappa shape index (κ1) is 13.1. The Bertz CT molecular complexity index is 568. The molecule has 0 amide bonds. The third-order valence-electron chi connectivity index (χ3n) is 3.59. The SMILES string of the molecule is NCCCCCc1nc(C2COc3ccccc32)no1. The molecule has 2 heterocycles. The van der Waals surface area contributed by atoms with E-state index in [4.69, 9.17) is 15.0 Å². The second-order valence-electron chi connectivity index (χ2n) is 5.05. The molecule has 1 atom stereocenters. The number of benzene rings is 1. The molecule has 0 aliphatic carbocycles. The van der Waals surface area contributed by atoms with E-state index in [1.807, 2.05) is 18.2 Å². The van der Waals surface area contributed by atoms with Gasteiger partial charge in [-0.05, 0) is 25.5 Å². The summed E-state index contributed by atoms with van der Waals surface area (Å²) in [5.41, 5.74) is 6.62. The summed E-state index contributed by atoms with van der Waals surface area (Å²) >= 11 is 0. The molecule has 0 saturated carbocycles. The summed E-state index contributed by atoms with van der Waals surface area (Å²) in [7, 11) is 0. The zero-order valence-corrected chi connectivity index (χ0v) is 11.4. The van der Waals surface area contributed by atoms with Crippen molar-refractivity contribution in [3.8, 4) is 5.75 Å². The van der Waals surface area contributed by atoms with Crippen LogP contribution >= 0.6 is 0 Å². The first-order chi connectivity index (χ1) is 9.88. The molecule has 5 heteroatoms. The Balaban J connectivity index is 1.66. The van der Waals surface area contributed by atoms with Crippen LogP contribution in [-0.2, 0) is 6.42 Å². The van der Waals surface area contributed by atoms with E-state index in [9.17, 15) is 0 Å². The van der Waals surface area contributed by atoms with Gasteiger partial charge in [0.1, 0.15) is 12.4 Å². The molecular weight excluding hydrogens is 254 g/mol. The van der Waals surface area contributed by atoms with Crippen molar-refractivity contribution in [3.05, 3.63) is 41.5 Å². The second-order valence-corrected chi connectivity index (χ2v) is 5.05. The zero-order valence-electron chi connectivity index (χ0n) is 11.4. The molecule has 1 aromatic carbocycles. The lowest BCUT2D eigenvalue weighted by atomic mass is 10.0. The molecule has 0 saturated heterocycles. The maximum Gasteiger partial charge on any atom is 0.226 e. The lowest BCUT2D eigenvalue weighted by molar-refractivity contribution is 0.331. The number of hydrogen-bond donors (Lipinski definition) is 1. The van der Waals surface area contributed by atoms with E-state index in [2.05, 4.69) is 16.2 Å². The maximum absolute atomic E-state index is 5.65. The number of fused-ring (bicyclic) bond motifs is 1. The fourth-order valence-electron chi connectivity index (χ4n) is 2.48. The van der Waals surface area contributed by atoms with Gasteiger partial charge in [0.15, 0.2) is 5.82 Å². The third-order valence-corrected chi connectivity index (χ3v) is 3.59. The van der Waals surface area contributed by atoms with E-state index in [-0.39, 0.29) is 5.92 Å². The highest BCUT2D eigenvalue weighted by Crippen LogP contribution is 2.36. The highest BCUT2D eigenvalue weighted by molar-refractivity contribution is 5.42. The van der Waals surface area contributed by atoms with E-state index in [1.54, 1.807) is 0 Å². The summed E-state index contributed by atoms with van der Waals surface area (Å²) < 4.78 is 11.0. The molecule has 2 N–H and O–H groups in total. The monoisotopic (exact) mass is 273 g/mol. The predicted molar refractivity (Wildman–Crippen MR) is 74.7 cm³/mol. The third kappa shape index (κ3) is 2.67. The molecule has 1 aliphatic heterocycles. The van der Waals surface area contributed by atoms with Crippen LogP contribution in [0.3, 0.4) is 0 Å². The van der Waals surface area contributed by atoms with Crippen LogP contribution in [0.5, 0.6) is 5.75 Å². The number of ether oxygens (including phenoxy) is 1. The number of para-hydroxylation sites is 1. The Labute approximate surface area is 118 Å². The standard InChI is InChI=1S/C15H19N3O2/c16-9-5-1-2-8-14-17-15(18-20-14)12-10-19-13-7-4-3-6-11(12)13/h3-4,6-7,12H,1-2,5,8-10,16H2. The molecule has 5 nitrogen and oxygen atoms in total. The fraction of sp³-hybridized carbons (Fsp3) is 0.467. The summed E-state index contributed by atoms with van der Waals surface area (Å²) in [6.45, 7) is 1.33. The maximum atomic E-state index is 5.65. The van der Waals surface area contributed by atoms with Crippen LogP contribution in [0.4, 0.5) is 0 Å². The van der Waals surface area contributed by atoms with Gasteiger partial charge in [0.2, 0.25) is 5.89 Å². The van der Waals surface area contributed by atoms with E-state index in [0.717, 1.165) is 49.4 Å². The molecule has 1 aliphatic rings. The van der Waals surface area contributed by atoms with Gasteiger partial charge >= 0.3 is 0 Å². The highest BCUT2D eigenvalue weighted by atomic mass is 16.5. The molecule has 3 rings (SSSR count). The number of nitrogens with zero attached hydrogens (tertiary/aromatic N) is 2. The lowest BCUT2D eigenvalue weighted by Gasteiger charge is -2.01. The molecule has 0 bridgehead atoms. The van der Waals surface area contributed by atoms with Crippen LogP contribution in [0, 0.1) is 0 Å². The van der Waals surface area contributed by atoms with Gasteiger partial charge in [0.05, 0.1) is 5.92 Å². The molecule has 0 spiro atoms. The van der Waals surface area contributed by atoms with Gasteiger partial charge in [-0.2, -0.15) is 4.98 Å². The number of nitrogens with two attached hydrogens (primary N) is 1. The molecule has 20 heavy (non-hydrogen) atoms. The average Bonchev–Trinajstić information content (AvgIpc) is 3.10. The Morgan fingerprint density at radius 2 is 2.10 bits per heavy atom. The summed E-state index contributed by atoms with van der Waals surface area (Å²) in [6.07, 6.45) is 4.01. The molecule has 2 aromatic rings. The quantitative estimate of drug-likeness (QED) is 0.817. The van der Waals surface area contributed by atoms with Crippen molar-refractivity contribution in [2.24, 2.45) is 5.73 Å².